The van der Waals surface area contributed by atoms with Crippen LogP contribution in [0, 0.1) is 13.8 Å². The van der Waals surface area contributed by atoms with Crippen molar-refractivity contribution < 1.29 is 0 Å². The summed E-state index contributed by atoms with van der Waals surface area (Å²) in [6.07, 6.45) is 3.87. The van der Waals surface area contributed by atoms with E-state index in [0.717, 1.165) is 51.5 Å². The fourth-order valence-electron chi connectivity index (χ4n) is 6.02. The largest absolute Gasteiger partial charge is 0.318 e. The molecular weight excluding hydrogens is 522 g/mol. The Balaban J connectivity index is 1.43. The third-order valence-corrected chi connectivity index (χ3v) is 9.06. The van der Waals surface area contributed by atoms with Gasteiger partial charge in [-0.3, -0.25) is 9.36 Å². The van der Waals surface area contributed by atoms with Crippen LogP contribution < -0.4 is 14.9 Å². The Morgan fingerprint density at radius 1 is 0.949 bits per heavy atom. The van der Waals surface area contributed by atoms with Gasteiger partial charge in [-0.25, -0.2) is 4.99 Å². The normalized spacial score (nSPS) is 16.5. The summed E-state index contributed by atoms with van der Waals surface area (Å²) < 4.78 is 4.80. The number of halogens is 1. The molecule has 192 valence electrons. The number of aryl methyl sites for hydroxylation is 2. The Morgan fingerprint density at radius 2 is 1.69 bits per heavy atom. The molecule has 2 aliphatic rings. The first-order valence-corrected chi connectivity index (χ1v) is 14.3. The zero-order chi connectivity index (χ0) is 26.7. The monoisotopic (exact) mass is 547 g/mol. The van der Waals surface area contributed by atoms with Crippen molar-refractivity contribution in [3.05, 3.63) is 149 Å². The lowest BCUT2D eigenvalue weighted by Crippen LogP contribution is -2.38. The van der Waals surface area contributed by atoms with Gasteiger partial charge in [-0.2, -0.15) is 0 Å². The lowest BCUT2D eigenvalue weighted by Gasteiger charge is -2.30. The van der Waals surface area contributed by atoms with Gasteiger partial charge in [-0.05, 0) is 85.4 Å². The van der Waals surface area contributed by atoms with E-state index in [4.69, 9.17) is 16.6 Å². The first kappa shape index (κ1) is 24.1. The SMILES string of the molecule is Cc1cc(C=c2sc3n(c2=O)C(c2ccccc2)C2=C(N=3)c3ccccc3CC2)c(C)n1-c1ccc(Cl)cc1. The minimum Gasteiger partial charge on any atom is -0.318 e. The van der Waals surface area contributed by atoms with Gasteiger partial charge >= 0.3 is 0 Å². The quantitative estimate of drug-likeness (QED) is 0.258. The fraction of sp³-hybridized carbons (Fsp3) is 0.152. The molecule has 0 spiro atoms. The lowest BCUT2D eigenvalue weighted by molar-refractivity contribution is 0.585. The molecule has 2 aromatic heterocycles. The van der Waals surface area contributed by atoms with Crippen molar-refractivity contribution in [1.82, 2.24) is 9.13 Å². The van der Waals surface area contributed by atoms with Crippen LogP contribution in [-0.2, 0) is 6.42 Å². The second-order valence-corrected chi connectivity index (χ2v) is 11.6. The average Bonchev–Trinajstić information content (AvgIpc) is 3.42. The van der Waals surface area contributed by atoms with E-state index in [9.17, 15) is 4.79 Å². The molecule has 1 atom stereocenters. The van der Waals surface area contributed by atoms with Crippen molar-refractivity contribution >= 4 is 34.7 Å². The minimum absolute atomic E-state index is 0.00862. The summed E-state index contributed by atoms with van der Waals surface area (Å²) >= 11 is 7.60. The van der Waals surface area contributed by atoms with Gasteiger partial charge in [0.25, 0.3) is 5.56 Å². The van der Waals surface area contributed by atoms with Crippen LogP contribution in [0.3, 0.4) is 0 Å². The molecule has 0 fully saturated rings. The van der Waals surface area contributed by atoms with E-state index in [1.54, 1.807) is 0 Å². The van der Waals surface area contributed by atoms with Crippen LogP contribution in [0.25, 0.3) is 17.5 Å². The van der Waals surface area contributed by atoms with Crippen LogP contribution in [0.2, 0.25) is 5.02 Å². The fourth-order valence-corrected chi connectivity index (χ4v) is 7.14. The van der Waals surface area contributed by atoms with Gasteiger partial charge in [0.2, 0.25) is 0 Å². The Morgan fingerprint density at radius 3 is 2.49 bits per heavy atom. The molecule has 0 amide bonds. The summed E-state index contributed by atoms with van der Waals surface area (Å²) in [7, 11) is 0. The first-order valence-electron chi connectivity index (χ1n) is 13.1. The number of nitrogens with zero attached hydrogens (tertiary/aromatic N) is 3. The third kappa shape index (κ3) is 3.96. The lowest BCUT2D eigenvalue weighted by atomic mass is 9.83. The van der Waals surface area contributed by atoms with E-state index in [0.29, 0.717) is 9.55 Å². The van der Waals surface area contributed by atoms with Crippen molar-refractivity contribution in [3.8, 4) is 5.69 Å². The zero-order valence-electron chi connectivity index (χ0n) is 21.7. The number of thiazole rings is 1. The van der Waals surface area contributed by atoms with Crippen molar-refractivity contribution in [2.45, 2.75) is 32.7 Å². The van der Waals surface area contributed by atoms with E-state index in [2.05, 4.69) is 60.9 Å². The molecule has 4 nitrogen and oxygen atoms in total. The van der Waals surface area contributed by atoms with Crippen LogP contribution in [-0.4, -0.2) is 9.13 Å². The van der Waals surface area contributed by atoms with Crippen LogP contribution in [0.5, 0.6) is 0 Å². The molecule has 3 heterocycles. The van der Waals surface area contributed by atoms with Crippen LogP contribution in [0.1, 0.15) is 46.1 Å². The average molecular weight is 548 g/mol. The number of fused-ring (bicyclic) bond motifs is 3. The van der Waals surface area contributed by atoms with E-state index < -0.39 is 0 Å². The molecule has 0 N–H and O–H groups in total. The van der Waals surface area contributed by atoms with Gasteiger partial charge in [-0.15, -0.1) is 0 Å². The van der Waals surface area contributed by atoms with Gasteiger partial charge in [-0.1, -0.05) is 77.5 Å². The highest BCUT2D eigenvalue weighted by Gasteiger charge is 2.32. The standard InChI is InChI=1S/C33H26ClN3OS/c1-20-18-24(21(2)36(20)26-15-13-25(34)14-16-26)19-29-32(38)37-31(23-9-4-3-5-10-23)28-17-12-22-8-6-7-11-27(22)30(28)35-33(37)39-29/h3-11,13-16,18-19,31H,12,17H2,1-2H3. The highest BCUT2D eigenvalue weighted by atomic mass is 35.5. The summed E-state index contributed by atoms with van der Waals surface area (Å²) in [5.41, 5.74) is 10.1. The van der Waals surface area contributed by atoms with Crippen LogP contribution >= 0.6 is 22.9 Å². The molecule has 1 aliphatic heterocycles. The molecule has 6 heteroatoms. The zero-order valence-corrected chi connectivity index (χ0v) is 23.3. The summed E-state index contributed by atoms with van der Waals surface area (Å²) in [6.45, 7) is 4.17. The summed E-state index contributed by atoms with van der Waals surface area (Å²) in [4.78, 5) is 20.0. The van der Waals surface area contributed by atoms with Crippen molar-refractivity contribution in [1.29, 1.82) is 0 Å². The van der Waals surface area contributed by atoms with E-state index in [1.807, 2.05) is 53.1 Å². The van der Waals surface area contributed by atoms with E-state index in [1.165, 1.54) is 28.0 Å². The molecule has 0 saturated carbocycles. The minimum atomic E-state index is -0.158. The molecule has 3 aromatic carbocycles. The van der Waals surface area contributed by atoms with E-state index in [-0.39, 0.29) is 11.6 Å². The predicted molar refractivity (Wildman–Crippen MR) is 159 cm³/mol. The number of benzene rings is 3. The number of hydrogen-bond acceptors (Lipinski definition) is 3. The van der Waals surface area contributed by atoms with Crippen molar-refractivity contribution in [2.75, 3.05) is 0 Å². The molecule has 0 radical (unpaired) electrons. The molecule has 1 aliphatic carbocycles. The number of rotatable bonds is 3. The van der Waals surface area contributed by atoms with Gasteiger partial charge in [0.15, 0.2) is 4.80 Å². The molecule has 7 rings (SSSR count). The highest BCUT2D eigenvalue weighted by molar-refractivity contribution is 7.07. The Labute approximate surface area is 235 Å². The second kappa shape index (κ2) is 9.37. The van der Waals surface area contributed by atoms with E-state index >= 15 is 0 Å². The maximum Gasteiger partial charge on any atom is 0.271 e. The Bertz CT molecular complexity index is 1960. The van der Waals surface area contributed by atoms with Gasteiger partial charge in [0.1, 0.15) is 0 Å². The predicted octanol–water partition coefficient (Wildman–Crippen LogP) is 6.38. The smallest absolute Gasteiger partial charge is 0.271 e. The summed E-state index contributed by atoms with van der Waals surface area (Å²) in [5.74, 6) is 0. The highest BCUT2D eigenvalue weighted by Crippen LogP contribution is 2.41. The maximum absolute atomic E-state index is 14.1. The molecular formula is C33H26ClN3OS. The van der Waals surface area contributed by atoms with Gasteiger partial charge in [0, 0.05) is 27.7 Å². The maximum atomic E-state index is 14.1. The number of hydrogen-bond donors (Lipinski definition) is 0. The first-order chi connectivity index (χ1) is 19.0. The molecule has 1 unspecified atom stereocenters. The van der Waals surface area contributed by atoms with Gasteiger partial charge in [0.05, 0.1) is 16.3 Å². The van der Waals surface area contributed by atoms with Crippen LogP contribution in [0.4, 0.5) is 0 Å². The van der Waals surface area contributed by atoms with Crippen molar-refractivity contribution in [3.63, 3.8) is 0 Å². The van der Waals surface area contributed by atoms with Crippen molar-refractivity contribution in [2.24, 2.45) is 4.99 Å². The Hall–Kier alpha value is -3.93. The topological polar surface area (TPSA) is 39.3 Å². The summed E-state index contributed by atoms with van der Waals surface area (Å²) in [6, 6.07) is 28.7. The summed E-state index contributed by atoms with van der Waals surface area (Å²) in [5, 5.41) is 0.709. The number of allylic oxidation sites excluding steroid dienone is 1. The molecule has 39 heavy (non-hydrogen) atoms. The Kier molecular flexibility index (Phi) is 5.80. The van der Waals surface area contributed by atoms with Gasteiger partial charge < -0.3 is 4.57 Å². The second-order valence-electron chi connectivity index (χ2n) is 10.2. The molecule has 5 aromatic rings. The number of aromatic nitrogens is 2. The third-order valence-electron chi connectivity index (χ3n) is 7.83. The molecule has 0 bridgehead atoms. The molecule has 0 saturated heterocycles. The van der Waals surface area contributed by atoms with Crippen LogP contribution in [0.15, 0.2) is 100 Å².